The third-order valence-electron chi connectivity index (χ3n) is 4.46. The lowest BCUT2D eigenvalue weighted by molar-refractivity contribution is 0.440. The second-order valence-corrected chi connectivity index (χ2v) is 6.10. The highest BCUT2D eigenvalue weighted by Crippen LogP contribution is 2.20. The molecule has 0 radical (unpaired) electrons. The van der Waals surface area contributed by atoms with E-state index < -0.39 is 0 Å². The zero-order chi connectivity index (χ0) is 16.9. The Hall–Kier alpha value is -2.50. The highest BCUT2D eigenvalue weighted by Gasteiger charge is 2.20. The number of aromatic amines is 1. The number of anilines is 2. The number of aromatic hydroxyl groups is 1. The first-order valence-corrected chi connectivity index (χ1v) is 8.56. The fourth-order valence-electron chi connectivity index (χ4n) is 3.02. The molecule has 1 aromatic carbocycles. The van der Waals surface area contributed by atoms with Gasteiger partial charge in [0, 0.05) is 31.9 Å². The SMILES string of the molecule is CCCCc1c(O)nc(N2CCN(c3ccccc3)CC2)[nH]c1=O. The summed E-state index contributed by atoms with van der Waals surface area (Å²) in [6.07, 6.45) is 2.40. The maximum Gasteiger partial charge on any atom is 0.259 e. The molecule has 2 aromatic rings. The monoisotopic (exact) mass is 328 g/mol. The van der Waals surface area contributed by atoms with Gasteiger partial charge in [-0.1, -0.05) is 31.5 Å². The molecular formula is C18H24N4O2. The van der Waals surface area contributed by atoms with Crippen LogP contribution in [0.15, 0.2) is 35.1 Å². The van der Waals surface area contributed by atoms with Gasteiger partial charge >= 0.3 is 0 Å². The fourth-order valence-corrected chi connectivity index (χ4v) is 3.02. The van der Waals surface area contributed by atoms with E-state index in [4.69, 9.17) is 0 Å². The molecule has 6 heteroatoms. The Labute approximate surface area is 141 Å². The maximum atomic E-state index is 12.2. The van der Waals surface area contributed by atoms with E-state index in [2.05, 4.69) is 33.9 Å². The van der Waals surface area contributed by atoms with E-state index in [-0.39, 0.29) is 11.4 Å². The highest BCUT2D eigenvalue weighted by atomic mass is 16.3. The maximum absolute atomic E-state index is 12.2. The van der Waals surface area contributed by atoms with Crippen LogP contribution in [0.25, 0.3) is 0 Å². The van der Waals surface area contributed by atoms with Crippen LogP contribution in [-0.4, -0.2) is 41.3 Å². The van der Waals surface area contributed by atoms with Crippen molar-refractivity contribution in [3.8, 4) is 5.88 Å². The quantitative estimate of drug-likeness (QED) is 0.880. The molecule has 0 spiro atoms. The van der Waals surface area contributed by atoms with Crippen LogP contribution in [0.5, 0.6) is 5.88 Å². The van der Waals surface area contributed by atoms with Gasteiger partial charge < -0.3 is 14.9 Å². The zero-order valence-corrected chi connectivity index (χ0v) is 14.0. The molecule has 2 heterocycles. The summed E-state index contributed by atoms with van der Waals surface area (Å²) in [5, 5.41) is 10.1. The van der Waals surface area contributed by atoms with E-state index in [0.29, 0.717) is 17.9 Å². The lowest BCUT2D eigenvalue weighted by Crippen LogP contribution is -2.47. The van der Waals surface area contributed by atoms with Crippen LogP contribution in [0, 0.1) is 0 Å². The normalized spacial score (nSPS) is 14.9. The summed E-state index contributed by atoms with van der Waals surface area (Å²) < 4.78 is 0. The average Bonchev–Trinajstić information content (AvgIpc) is 2.62. The van der Waals surface area contributed by atoms with E-state index in [9.17, 15) is 9.90 Å². The van der Waals surface area contributed by atoms with Crippen molar-refractivity contribution in [2.75, 3.05) is 36.0 Å². The zero-order valence-electron chi connectivity index (χ0n) is 14.0. The molecule has 1 aliphatic rings. The summed E-state index contributed by atoms with van der Waals surface area (Å²) in [4.78, 5) is 23.6. The molecule has 0 atom stereocenters. The minimum atomic E-state index is -0.226. The number of piperazine rings is 1. The number of nitrogens with one attached hydrogen (secondary N) is 1. The summed E-state index contributed by atoms with van der Waals surface area (Å²) >= 11 is 0. The van der Waals surface area contributed by atoms with Gasteiger partial charge in [0.25, 0.3) is 5.56 Å². The van der Waals surface area contributed by atoms with E-state index in [1.165, 1.54) is 5.69 Å². The molecule has 3 rings (SSSR count). The van der Waals surface area contributed by atoms with Crippen LogP contribution in [-0.2, 0) is 6.42 Å². The summed E-state index contributed by atoms with van der Waals surface area (Å²) in [6, 6.07) is 10.3. The Morgan fingerprint density at radius 2 is 1.79 bits per heavy atom. The first-order valence-electron chi connectivity index (χ1n) is 8.56. The number of nitrogens with zero attached hydrogens (tertiary/aromatic N) is 3. The summed E-state index contributed by atoms with van der Waals surface area (Å²) in [5.41, 5.74) is 1.37. The van der Waals surface area contributed by atoms with Gasteiger partial charge in [-0.15, -0.1) is 0 Å². The van der Waals surface area contributed by atoms with Gasteiger partial charge in [-0.2, -0.15) is 4.98 Å². The molecule has 0 bridgehead atoms. The fraction of sp³-hybridized carbons (Fsp3) is 0.444. The number of unbranched alkanes of at least 4 members (excludes halogenated alkanes) is 1. The molecule has 2 N–H and O–H groups in total. The van der Waals surface area contributed by atoms with Gasteiger partial charge in [0.05, 0.1) is 5.56 Å². The molecule has 1 fully saturated rings. The molecule has 0 aliphatic carbocycles. The van der Waals surface area contributed by atoms with Crippen LogP contribution in [0.1, 0.15) is 25.3 Å². The molecule has 0 amide bonds. The molecule has 1 aliphatic heterocycles. The van der Waals surface area contributed by atoms with E-state index in [1.54, 1.807) is 0 Å². The second kappa shape index (κ2) is 7.38. The number of H-pyrrole nitrogens is 1. The molecule has 1 aromatic heterocycles. The summed E-state index contributed by atoms with van der Waals surface area (Å²) in [5.74, 6) is 0.332. The minimum Gasteiger partial charge on any atom is -0.493 e. The van der Waals surface area contributed by atoms with E-state index in [1.807, 2.05) is 23.1 Å². The Morgan fingerprint density at radius 3 is 2.42 bits per heavy atom. The molecule has 128 valence electrons. The minimum absolute atomic E-state index is 0.132. The molecule has 0 saturated carbocycles. The smallest absolute Gasteiger partial charge is 0.259 e. The largest absolute Gasteiger partial charge is 0.493 e. The van der Waals surface area contributed by atoms with Crippen LogP contribution >= 0.6 is 0 Å². The number of rotatable bonds is 5. The first kappa shape index (κ1) is 16.4. The number of hydrogen-bond acceptors (Lipinski definition) is 5. The average molecular weight is 328 g/mol. The van der Waals surface area contributed by atoms with Crippen molar-refractivity contribution in [3.63, 3.8) is 0 Å². The van der Waals surface area contributed by atoms with Crippen molar-refractivity contribution < 1.29 is 5.11 Å². The topological polar surface area (TPSA) is 72.5 Å². The Bertz CT molecular complexity index is 722. The molecule has 0 unspecified atom stereocenters. The van der Waals surface area contributed by atoms with Crippen molar-refractivity contribution in [2.45, 2.75) is 26.2 Å². The van der Waals surface area contributed by atoms with E-state index >= 15 is 0 Å². The van der Waals surface area contributed by atoms with Gasteiger partial charge in [-0.25, -0.2) is 0 Å². The Kier molecular flexibility index (Phi) is 5.03. The van der Waals surface area contributed by atoms with Crippen LogP contribution in [0.3, 0.4) is 0 Å². The highest BCUT2D eigenvalue weighted by molar-refractivity contribution is 5.48. The molecule has 1 saturated heterocycles. The number of hydrogen-bond donors (Lipinski definition) is 2. The van der Waals surface area contributed by atoms with Gasteiger partial charge in [0.2, 0.25) is 11.8 Å². The summed E-state index contributed by atoms with van der Waals surface area (Å²) in [6.45, 7) is 5.27. The number of benzene rings is 1. The van der Waals surface area contributed by atoms with Crippen molar-refractivity contribution >= 4 is 11.6 Å². The van der Waals surface area contributed by atoms with Gasteiger partial charge in [0.1, 0.15) is 0 Å². The van der Waals surface area contributed by atoms with E-state index in [0.717, 1.165) is 39.0 Å². The predicted molar refractivity (Wildman–Crippen MR) is 96.0 cm³/mol. The standard InChI is InChI=1S/C18H24N4O2/c1-2-3-9-15-16(23)19-18(20-17(15)24)22-12-10-21(11-13-22)14-7-5-4-6-8-14/h4-8H,2-3,9-13H2,1H3,(H2,19,20,23,24). The number of aromatic nitrogens is 2. The van der Waals surface area contributed by atoms with Gasteiger partial charge in [-0.3, -0.25) is 9.78 Å². The molecule has 24 heavy (non-hydrogen) atoms. The van der Waals surface area contributed by atoms with Crippen molar-refractivity contribution in [1.82, 2.24) is 9.97 Å². The van der Waals surface area contributed by atoms with Gasteiger partial charge in [-0.05, 0) is 25.0 Å². The third-order valence-corrected chi connectivity index (χ3v) is 4.46. The van der Waals surface area contributed by atoms with Crippen molar-refractivity contribution in [1.29, 1.82) is 0 Å². The lowest BCUT2D eigenvalue weighted by Gasteiger charge is -2.36. The van der Waals surface area contributed by atoms with Gasteiger partial charge in [0.15, 0.2) is 0 Å². The van der Waals surface area contributed by atoms with Crippen LogP contribution in [0.2, 0.25) is 0 Å². The third kappa shape index (κ3) is 3.53. The molecule has 6 nitrogen and oxygen atoms in total. The predicted octanol–water partition coefficient (Wildman–Crippen LogP) is 2.14. The molecular weight excluding hydrogens is 304 g/mol. The van der Waals surface area contributed by atoms with Crippen molar-refractivity contribution in [2.24, 2.45) is 0 Å². The Balaban J connectivity index is 1.69. The Morgan fingerprint density at radius 1 is 1.12 bits per heavy atom. The summed E-state index contributed by atoms with van der Waals surface area (Å²) in [7, 11) is 0. The van der Waals surface area contributed by atoms with Crippen molar-refractivity contribution in [3.05, 3.63) is 46.2 Å². The first-order chi connectivity index (χ1) is 11.7. The number of para-hydroxylation sites is 1. The van der Waals surface area contributed by atoms with Crippen LogP contribution < -0.4 is 15.4 Å². The lowest BCUT2D eigenvalue weighted by atomic mass is 10.1. The van der Waals surface area contributed by atoms with Crippen LogP contribution in [0.4, 0.5) is 11.6 Å². The second-order valence-electron chi connectivity index (χ2n) is 6.10.